The molecule has 0 fully saturated rings. The molecule has 9 nitrogen and oxygen atoms in total. The van der Waals surface area contributed by atoms with Crippen molar-refractivity contribution in [3.05, 3.63) is 89.6 Å². The molecule has 1 N–H and O–H groups in total. The standard InChI is InChI=1S/C28H24N4O5/c1-18-16-23(32(30-18)20-10-3-2-4-11-20)29-24(33)17-37-25(34)14-7-15-31-27(35)21-12-5-8-19-9-6-13-22(26(19)21)28(31)36/h2-6,8-13,16H,7,14-15,17H2,1H3,(H,29,33). The van der Waals surface area contributed by atoms with E-state index in [1.54, 1.807) is 35.0 Å². The number of aryl methyl sites for hydroxylation is 1. The number of ether oxygens (including phenoxy) is 1. The normalized spacial score (nSPS) is 12.6. The number of para-hydroxylation sites is 1. The van der Waals surface area contributed by atoms with Gasteiger partial charge in [0, 0.05) is 35.5 Å². The molecule has 0 atom stereocenters. The zero-order chi connectivity index (χ0) is 25.9. The molecular weight excluding hydrogens is 472 g/mol. The molecule has 1 aliphatic heterocycles. The van der Waals surface area contributed by atoms with Gasteiger partial charge in [-0.15, -0.1) is 0 Å². The second kappa shape index (κ2) is 10.1. The van der Waals surface area contributed by atoms with Gasteiger partial charge in [-0.25, -0.2) is 4.68 Å². The predicted molar refractivity (Wildman–Crippen MR) is 136 cm³/mol. The van der Waals surface area contributed by atoms with Crippen LogP contribution in [-0.4, -0.2) is 51.5 Å². The van der Waals surface area contributed by atoms with Crippen molar-refractivity contribution in [1.82, 2.24) is 14.7 Å². The molecule has 5 rings (SSSR count). The highest BCUT2D eigenvalue weighted by Crippen LogP contribution is 2.30. The summed E-state index contributed by atoms with van der Waals surface area (Å²) in [6.07, 6.45) is 0.174. The number of amides is 3. The minimum Gasteiger partial charge on any atom is -0.456 e. The van der Waals surface area contributed by atoms with Crippen molar-refractivity contribution in [2.24, 2.45) is 0 Å². The SMILES string of the molecule is Cc1cc(NC(=O)COC(=O)CCCN2C(=O)c3cccc4cccc(c34)C2=O)n(-c2ccccc2)n1. The minimum atomic E-state index is -0.595. The molecule has 37 heavy (non-hydrogen) atoms. The number of hydrogen-bond donors (Lipinski definition) is 1. The lowest BCUT2D eigenvalue weighted by molar-refractivity contribution is -0.147. The van der Waals surface area contributed by atoms with E-state index in [1.807, 2.05) is 49.4 Å². The molecule has 0 aliphatic carbocycles. The third kappa shape index (κ3) is 4.84. The minimum absolute atomic E-state index is 0.0444. The fourth-order valence-electron chi connectivity index (χ4n) is 4.42. The maximum atomic E-state index is 12.9. The van der Waals surface area contributed by atoms with Crippen molar-refractivity contribution in [2.45, 2.75) is 19.8 Å². The Balaban J connectivity index is 1.13. The van der Waals surface area contributed by atoms with Crippen LogP contribution in [0.3, 0.4) is 0 Å². The Kier molecular flexibility index (Phi) is 6.51. The smallest absolute Gasteiger partial charge is 0.306 e. The average molecular weight is 497 g/mol. The molecule has 186 valence electrons. The summed E-state index contributed by atoms with van der Waals surface area (Å²) in [5.41, 5.74) is 2.44. The summed E-state index contributed by atoms with van der Waals surface area (Å²) in [6.45, 7) is 1.42. The molecule has 0 radical (unpaired) electrons. The summed E-state index contributed by atoms with van der Waals surface area (Å²) >= 11 is 0. The molecule has 4 aromatic rings. The van der Waals surface area contributed by atoms with Crippen LogP contribution in [0.4, 0.5) is 5.82 Å². The van der Waals surface area contributed by atoms with Crippen LogP contribution in [0.15, 0.2) is 72.8 Å². The van der Waals surface area contributed by atoms with Crippen LogP contribution in [0.1, 0.15) is 39.3 Å². The molecule has 3 aromatic carbocycles. The van der Waals surface area contributed by atoms with E-state index in [0.717, 1.165) is 21.7 Å². The maximum absolute atomic E-state index is 12.9. The van der Waals surface area contributed by atoms with Gasteiger partial charge >= 0.3 is 5.97 Å². The second-order valence-corrected chi connectivity index (χ2v) is 8.70. The molecule has 0 bridgehead atoms. The Hall–Kier alpha value is -4.79. The lowest BCUT2D eigenvalue weighted by Crippen LogP contribution is -2.41. The van der Waals surface area contributed by atoms with Crippen LogP contribution < -0.4 is 5.32 Å². The fraction of sp³-hybridized carbons (Fsp3) is 0.179. The van der Waals surface area contributed by atoms with Gasteiger partial charge in [-0.1, -0.05) is 42.5 Å². The van der Waals surface area contributed by atoms with E-state index >= 15 is 0 Å². The van der Waals surface area contributed by atoms with Crippen LogP contribution in [0.2, 0.25) is 0 Å². The highest BCUT2D eigenvalue weighted by Gasteiger charge is 2.32. The number of carbonyl (C=O) groups excluding carboxylic acids is 4. The summed E-state index contributed by atoms with van der Waals surface area (Å²) in [6, 6.07) is 21.7. The van der Waals surface area contributed by atoms with Crippen molar-refractivity contribution in [3.63, 3.8) is 0 Å². The van der Waals surface area contributed by atoms with Crippen molar-refractivity contribution in [1.29, 1.82) is 0 Å². The van der Waals surface area contributed by atoms with E-state index in [9.17, 15) is 19.2 Å². The van der Waals surface area contributed by atoms with Gasteiger partial charge < -0.3 is 10.1 Å². The first kappa shape index (κ1) is 23.9. The summed E-state index contributed by atoms with van der Waals surface area (Å²) in [4.78, 5) is 51.7. The average Bonchev–Trinajstić information content (AvgIpc) is 3.28. The Bertz CT molecular complexity index is 1480. The second-order valence-electron chi connectivity index (χ2n) is 8.70. The summed E-state index contributed by atoms with van der Waals surface area (Å²) in [5.74, 6) is -1.40. The van der Waals surface area contributed by atoms with Crippen LogP contribution in [0.25, 0.3) is 16.5 Å². The number of benzene rings is 3. The summed E-state index contributed by atoms with van der Waals surface area (Å²) < 4.78 is 6.70. The zero-order valence-corrected chi connectivity index (χ0v) is 20.1. The largest absolute Gasteiger partial charge is 0.456 e. The molecule has 2 heterocycles. The van der Waals surface area contributed by atoms with E-state index in [0.29, 0.717) is 22.3 Å². The lowest BCUT2D eigenvalue weighted by atomic mass is 9.94. The van der Waals surface area contributed by atoms with Gasteiger partial charge in [0.2, 0.25) is 0 Å². The van der Waals surface area contributed by atoms with Crippen molar-refractivity contribution in [2.75, 3.05) is 18.5 Å². The number of anilines is 1. The molecule has 0 saturated heterocycles. The van der Waals surface area contributed by atoms with E-state index in [4.69, 9.17) is 4.74 Å². The Labute approximate surface area is 212 Å². The van der Waals surface area contributed by atoms with Gasteiger partial charge in [0.05, 0.1) is 11.4 Å². The first-order valence-electron chi connectivity index (χ1n) is 11.9. The number of nitrogens with zero attached hydrogens (tertiary/aromatic N) is 3. The van der Waals surface area contributed by atoms with Gasteiger partial charge in [-0.2, -0.15) is 5.10 Å². The fourth-order valence-corrected chi connectivity index (χ4v) is 4.42. The van der Waals surface area contributed by atoms with E-state index in [1.165, 1.54) is 0 Å². The van der Waals surface area contributed by atoms with Crippen LogP contribution in [0, 0.1) is 6.92 Å². The third-order valence-corrected chi connectivity index (χ3v) is 6.08. The monoisotopic (exact) mass is 496 g/mol. The van der Waals surface area contributed by atoms with Crippen molar-refractivity contribution in [3.8, 4) is 5.69 Å². The molecule has 1 aliphatic rings. The Morgan fingerprint density at radius 1 is 0.919 bits per heavy atom. The number of hydrogen-bond acceptors (Lipinski definition) is 6. The number of aromatic nitrogens is 2. The predicted octanol–water partition coefficient (Wildman–Crippen LogP) is 3.89. The van der Waals surface area contributed by atoms with Crippen molar-refractivity contribution >= 4 is 40.3 Å². The van der Waals surface area contributed by atoms with Crippen LogP contribution in [-0.2, 0) is 14.3 Å². The van der Waals surface area contributed by atoms with Crippen molar-refractivity contribution < 1.29 is 23.9 Å². The number of rotatable bonds is 8. The topological polar surface area (TPSA) is 111 Å². The van der Waals surface area contributed by atoms with Gasteiger partial charge in [-0.05, 0) is 43.0 Å². The van der Waals surface area contributed by atoms with Gasteiger partial charge in [0.1, 0.15) is 5.82 Å². The van der Waals surface area contributed by atoms with E-state index < -0.39 is 18.5 Å². The van der Waals surface area contributed by atoms with Crippen LogP contribution in [0.5, 0.6) is 0 Å². The highest BCUT2D eigenvalue weighted by atomic mass is 16.5. The van der Waals surface area contributed by atoms with E-state index in [2.05, 4.69) is 10.4 Å². The quantitative estimate of drug-likeness (QED) is 0.293. The molecule has 9 heteroatoms. The van der Waals surface area contributed by atoms with E-state index in [-0.39, 0.29) is 31.2 Å². The van der Waals surface area contributed by atoms with Gasteiger partial charge in [0.15, 0.2) is 6.61 Å². The van der Waals surface area contributed by atoms with Gasteiger partial charge in [0.25, 0.3) is 17.7 Å². The first-order chi connectivity index (χ1) is 17.9. The molecular formula is C28H24N4O5. The molecule has 0 unspecified atom stereocenters. The molecule has 0 spiro atoms. The van der Waals surface area contributed by atoms with Crippen LogP contribution >= 0.6 is 0 Å². The van der Waals surface area contributed by atoms with Gasteiger partial charge in [-0.3, -0.25) is 24.1 Å². The number of imide groups is 1. The maximum Gasteiger partial charge on any atom is 0.306 e. The number of nitrogens with one attached hydrogen (secondary N) is 1. The molecule has 1 aromatic heterocycles. The number of carbonyl (C=O) groups is 4. The third-order valence-electron chi connectivity index (χ3n) is 6.08. The summed E-state index contributed by atoms with van der Waals surface area (Å²) in [7, 11) is 0. The molecule has 3 amide bonds. The molecule has 0 saturated carbocycles. The Morgan fingerprint density at radius 3 is 2.27 bits per heavy atom. The summed E-state index contributed by atoms with van der Waals surface area (Å²) in [5, 5.41) is 8.59. The Morgan fingerprint density at radius 2 is 1.59 bits per heavy atom. The zero-order valence-electron chi connectivity index (χ0n) is 20.1. The lowest BCUT2D eigenvalue weighted by Gasteiger charge is -2.27. The highest BCUT2D eigenvalue weighted by molar-refractivity contribution is 6.25. The number of esters is 1. The first-order valence-corrected chi connectivity index (χ1v) is 11.9.